The Kier molecular flexibility index (Phi) is 37.7. The highest BCUT2D eigenvalue weighted by Crippen LogP contribution is 2.16. The lowest BCUT2D eigenvalue weighted by atomic mass is 10.0. The Hall–Kier alpha value is -0.790. The Balaban J connectivity index is 3.14. The number of rotatable bonds is 37. The second kappa shape index (κ2) is 38.4. The van der Waals surface area contributed by atoms with Crippen molar-refractivity contribution in [2.45, 2.75) is 239 Å². The predicted molar refractivity (Wildman–Crippen MR) is 198 cm³/mol. The Bertz CT molecular complexity index is 566. The van der Waals surface area contributed by atoms with Gasteiger partial charge in [-0.3, -0.25) is 4.79 Å². The SMILES string of the molecule is CCCCC=CCCCCCCCC(=O)OCCCCCCCCCCCCCCCCCCCCCCCCCC(C)C. The molecule has 0 aromatic carbocycles. The molecule has 0 rings (SSSR count). The zero-order valence-corrected chi connectivity index (χ0v) is 30.8. The third-order valence-corrected chi connectivity index (χ3v) is 9.33. The van der Waals surface area contributed by atoms with E-state index in [1.165, 1.54) is 193 Å². The van der Waals surface area contributed by atoms with E-state index in [0.29, 0.717) is 13.0 Å². The summed E-state index contributed by atoms with van der Waals surface area (Å²) in [6.45, 7) is 7.56. The van der Waals surface area contributed by atoms with Gasteiger partial charge in [0.25, 0.3) is 0 Å². The molecule has 262 valence electrons. The fourth-order valence-corrected chi connectivity index (χ4v) is 6.24. The van der Waals surface area contributed by atoms with Crippen LogP contribution in [0.1, 0.15) is 239 Å². The van der Waals surface area contributed by atoms with Gasteiger partial charge in [0.15, 0.2) is 0 Å². The number of ether oxygens (including phenoxy) is 1. The van der Waals surface area contributed by atoms with Crippen LogP contribution in [-0.2, 0) is 9.53 Å². The Morgan fingerprint density at radius 3 is 1.20 bits per heavy atom. The first-order chi connectivity index (χ1) is 21.7. The van der Waals surface area contributed by atoms with Gasteiger partial charge in [-0.2, -0.15) is 0 Å². The molecule has 0 spiro atoms. The molecule has 2 heteroatoms. The molecule has 0 N–H and O–H groups in total. The Morgan fingerprint density at radius 2 is 0.795 bits per heavy atom. The molecular formula is C42H82O2. The van der Waals surface area contributed by atoms with Crippen LogP contribution in [0.2, 0.25) is 0 Å². The van der Waals surface area contributed by atoms with Gasteiger partial charge >= 0.3 is 5.97 Å². The lowest BCUT2D eigenvalue weighted by molar-refractivity contribution is -0.143. The molecule has 0 radical (unpaired) electrons. The highest BCUT2D eigenvalue weighted by molar-refractivity contribution is 5.69. The van der Waals surface area contributed by atoms with Crippen LogP contribution in [0.3, 0.4) is 0 Å². The first-order valence-electron chi connectivity index (χ1n) is 20.5. The third kappa shape index (κ3) is 39.2. The quantitative estimate of drug-likeness (QED) is 0.0393. The number of unbranched alkanes of at least 4 members (excludes halogenated alkanes) is 29. The summed E-state index contributed by atoms with van der Waals surface area (Å²) in [7, 11) is 0. The van der Waals surface area contributed by atoms with Gasteiger partial charge in [0, 0.05) is 6.42 Å². The minimum absolute atomic E-state index is 0.0167. The van der Waals surface area contributed by atoms with E-state index >= 15 is 0 Å². The Labute approximate surface area is 278 Å². The van der Waals surface area contributed by atoms with Gasteiger partial charge in [0.05, 0.1) is 6.61 Å². The van der Waals surface area contributed by atoms with Crippen LogP contribution < -0.4 is 0 Å². The van der Waals surface area contributed by atoms with Crippen LogP contribution in [0.5, 0.6) is 0 Å². The summed E-state index contributed by atoms with van der Waals surface area (Å²) in [5.74, 6) is 0.902. The molecule has 0 aliphatic carbocycles. The molecule has 44 heavy (non-hydrogen) atoms. The van der Waals surface area contributed by atoms with Crippen LogP contribution in [0.25, 0.3) is 0 Å². The van der Waals surface area contributed by atoms with Crippen molar-refractivity contribution in [3.8, 4) is 0 Å². The molecule has 0 aliphatic heterocycles. The molecule has 2 nitrogen and oxygen atoms in total. The van der Waals surface area contributed by atoms with Crippen LogP contribution in [-0.4, -0.2) is 12.6 Å². The first kappa shape index (κ1) is 43.2. The molecule has 0 saturated carbocycles. The van der Waals surface area contributed by atoms with E-state index in [4.69, 9.17) is 4.74 Å². The van der Waals surface area contributed by atoms with Crippen molar-refractivity contribution in [3.05, 3.63) is 12.2 Å². The number of esters is 1. The number of allylic oxidation sites excluding steroid dienone is 2. The highest BCUT2D eigenvalue weighted by atomic mass is 16.5. The summed E-state index contributed by atoms with van der Waals surface area (Å²) in [4.78, 5) is 11.9. The van der Waals surface area contributed by atoms with Crippen LogP contribution >= 0.6 is 0 Å². The monoisotopic (exact) mass is 619 g/mol. The average molecular weight is 619 g/mol. The van der Waals surface area contributed by atoms with Gasteiger partial charge in [0.1, 0.15) is 0 Å². The fourth-order valence-electron chi connectivity index (χ4n) is 6.24. The predicted octanol–water partition coefficient (Wildman–Crippen LogP) is 15.0. The molecule has 0 aliphatic rings. The molecule has 0 heterocycles. The molecule has 0 unspecified atom stereocenters. The highest BCUT2D eigenvalue weighted by Gasteiger charge is 2.03. The first-order valence-corrected chi connectivity index (χ1v) is 20.5. The lowest BCUT2D eigenvalue weighted by Gasteiger charge is -2.06. The molecule has 0 amide bonds. The van der Waals surface area contributed by atoms with Gasteiger partial charge in [-0.1, -0.05) is 213 Å². The van der Waals surface area contributed by atoms with E-state index in [1.54, 1.807) is 0 Å². The van der Waals surface area contributed by atoms with E-state index in [1.807, 2.05) is 0 Å². The van der Waals surface area contributed by atoms with Crippen molar-refractivity contribution in [1.29, 1.82) is 0 Å². The zero-order chi connectivity index (χ0) is 32.0. The normalized spacial score (nSPS) is 11.7. The van der Waals surface area contributed by atoms with Gasteiger partial charge in [-0.15, -0.1) is 0 Å². The summed E-state index contributed by atoms with van der Waals surface area (Å²) >= 11 is 0. The molecule has 0 aromatic rings. The topological polar surface area (TPSA) is 26.3 Å². The van der Waals surface area contributed by atoms with Crippen molar-refractivity contribution >= 4 is 5.97 Å². The van der Waals surface area contributed by atoms with Gasteiger partial charge in [0.2, 0.25) is 0 Å². The van der Waals surface area contributed by atoms with Gasteiger partial charge < -0.3 is 4.74 Å². The summed E-state index contributed by atoms with van der Waals surface area (Å²) < 4.78 is 5.44. The standard InChI is InChI=1S/C42H82O2/c1-4-5-6-7-8-9-23-27-30-33-36-39-42(43)44-40-37-34-31-28-25-22-20-18-16-14-12-10-11-13-15-17-19-21-24-26-29-32-35-38-41(2)3/h7-8,41H,4-6,9-40H2,1-3H3. The lowest BCUT2D eigenvalue weighted by Crippen LogP contribution is -2.05. The summed E-state index contributed by atoms with van der Waals surface area (Å²) in [5.41, 5.74) is 0. The molecule has 0 atom stereocenters. The van der Waals surface area contributed by atoms with E-state index < -0.39 is 0 Å². The smallest absolute Gasteiger partial charge is 0.305 e. The van der Waals surface area contributed by atoms with Crippen LogP contribution in [0.4, 0.5) is 0 Å². The maximum atomic E-state index is 11.9. The second-order valence-corrected chi connectivity index (χ2v) is 14.5. The van der Waals surface area contributed by atoms with Gasteiger partial charge in [-0.25, -0.2) is 0 Å². The van der Waals surface area contributed by atoms with Crippen LogP contribution in [0.15, 0.2) is 12.2 Å². The molecule has 0 fully saturated rings. The van der Waals surface area contributed by atoms with E-state index in [-0.39, 0.29) is 5.97 Å². The van der Waals surface area contributed by atoms with Crippen molar-refractivity contribution in [3.63, 3.8) is 0 Å². The van der Waals surface area contributed by atoms with Crippen molar-refractivity contribution in [2.24, 2.45) is 5.92 Å². The van der Waals surface area contributed by atoms with E-state index in [2.05, 4.69) is 32.9 Å². The number of carbonyl (C=O) groups excluding carboxylic acids is 1. The van der Waals surface area contributed by atoms with E-state index in [0.717, 1.165) is 25.2 Å². The number of hydrogen-bond donors (Lipinski definition) is 0. The number of carbonyl (C=O) groups is 1. The zero-order valence-electron chi connectivity index (χ0n) is 30.8. The summed E-state index contributed by atoms with van der Waals surface area (Å²) in [6, 6.07) is 0. The molecule has 0 bridgehead atoms. The van der Waals surface area contributed by atoms with Gasteiger partial charge in [-0.05, 0) is 38.0 Å². The largest absolute Gasteiger partial charge is 0.466 e. The summed E-state index contributed by atoms with van der Waals surface area (Å²) in [5, 5.41) is 0. The maximum absolute atomic E-state index is 11.9. The summed E-state index contributed by atoms with van der Waals surface area (Å²) in [6.07, 6.45) is 50.2. The van der Waals surface area contributed by atoms with Crippen molar-refractivity contribution in [2.75, 3.05) is 6.61 Å². The minimum Gasteiger partial charge on any atom is -0.466 e. The van der Waals surface area contributed by atoms with Crippen LogP contribution in [0, 0.1) is 5.92 Å². The third-order valence-electron chi connectivity index (χ3n) is 9.33. The fraction of sp³-hybridized carbons (Fsp3) is 0.929. The molecule has 0 saturated heterocycles. The molecule has 0 aromatic heterocycles. The number of hydrogen-bond acceptors (Lipinski definition) is 2. The average Bonchev–Trinajstić information content (AvgIpc) is 3.01. The Morgan fingerprint density at radius 1 is 0.455 bits per heavy atom. The van der Waals surface area contributed by atoms with Crippen molar-refractivity contribution in [1.82, 2.24) is 0 Å². The molecular weight excluding hydrogens is 536 g/mol. The minimum atomic E-state index is 0.0167. The van der Waals surface area contributed by atoms with Crippen molar-refractivity contribution < 1.29 is 9.53 Å². The maximum Gasteiger partial charge on any atom is 0.305 e. The van der Waals surface area contributed by atoms with E-state index in [9.17, 15) is 4.79 Å². The second-order valence-electron chi connectivity index (χ2n) is 14.5.